The molecule has 0 aliphatic heterocycles. The largest absolute Gasteiger partial charge is 0.484 e. The lowest BCUT2D eigenvalue weighted by Crippen LogP contribution is -2.31. The van der Waals surface area contributed by atoms with Crippen LogP contribution in [0.3, 0.4) is 0 Å². The number of carbonyl (C=O) groups is 1. The average molecular weight is 253 g/mol. The molecule has 0 radical (unpaired) electrons. The molecule has 1 aromatic carbocycles. The van der Waals surface area contributed by atoms with Gasteiger partial charge in [-0.25, -0.2) is 0 Å². The van der Waals surface area contributed by atoms with Crippen LogP contribution in [0.2, 0.25) is 0 Å². The fraction of sp³-hybridized carbons (Fsp3) is 0.417. The standard InChI is InChI=1S/C12H15NO5/c1-3-12(2,15)8-18-11-6-9(7-14)4-5-10(11)13(16)17/h4-7,15H,3,8H2,1-2H3. The molecular formula is C12H15NO5. The monoisotopic (exact) mass is 253 g/mol. The van der Waals surface area contributed by atoms with Crippen LogP contribution in [0.1, 0.15) is 30.6 Å². The van der Waals surface area contributed by atoms with E-state index in [1.165, 1.54) is 18.2 Å². The predicted octanol–water partition coefficient (Wildman–Crippen LogP) is 1.95. The van der Waals surface area contributed by atoms with Gasteiger partial charge in [0, 0.05) is 11.6 Å². The molecule has 0 fully saturated rings. The molecule has 1 unspecified atom stereocenters. The highest BCUT2D eigenvalue weighted by Gasteiger charge is 2.22. The van der Waals surface area contributed by atoms with E-state index in [0.717, 1.165) is 0 Å². The molecule has 0 heterocycles. The third kappa shape index (κ3) is 3.53. The molecule has 18 heavy (non-hydrogen) atoms. The van der Waals surface area contributed by atoms with Crippen molar-refractivity contribution in [3.05, 3.63) is 33.9 Å². The molecule has 6 nitrogen and oxygen atoms in total. The summed E-state index contributed by atoms with van der Waals surface area (Å²) in [7, 11) is 0. The first-order valence-corrected chi connectivity index (χ1v) is 5.48. The number of nitrogens with zero attached hydrogens (tertiary/aromatic N) is 1. The maximum atomic E-state index is 10.8. The van der Waals surface area contributed by atoms with Crippen molar-refractivity contribution in [3.63, 3.8) is 0 Å². The van der Waals surface area contributed by atoms with Crippen molar-refractivity contribution in [2.24, 2.45) is 0 Å². The summed E-state index contributed by atoms with van der Waals surface area (Å²) in [6.07, 6.45) is 1.03. The maximum Gasteiger partial charge on any atom is 0.310 e. The molecule has 0 bridgehead atoms. The molecule has 0 amide bonds. The number of benzene rings is 1. The van der Waals surface area contributed by atoms with Crippen molar-refractivity contribution >= 4 is 12.0 Å². The van der Waals surface area contributed by atoms with E-state index in [9.17, 15) is 20.0 Å². The Hall–Kier alpha value is -1.95. The smallest absolute Gasteiger partial charge is 0.310 e. The molecule has 0 spiro atoms. The molecule has 1 rings (SSSR count). The van der Waals surface area contributed by atoms with Gasteiger partial charge < -0.3 is 9.84 Å². The average Bonchev–Trinajstić information content (AvgIpc) is 2.36. The fourth-order valence-corrected chi connectivity index (χ4v) is 1.21. The highest BCUT2D eigenvalue weighted by molar-refractivity contribution is 5.76. The van der Waals surface area contributed by atoms with Crippen LogP contribution >= 0.6 is 0 Å². The Balaban J connectivity index is 2.98. The number of carbonyl (C=O) groups excluding carboxylic acids is 1. The van der Waals surface area contributed by atoms with Crippen molar-refractivity contribution in [2.45, 2.75) is 25.9 Å². The molecule has 1 N–H and O–H groups in total. The zero-order valence-electron chi connectivity index (χ0n) is 10.3. The van der Waals surface area contributed by atoms with E-state index in [1.807, 2.05) is 0 Å². The fourth-order valence-electron chi connectivity index (χ4n) is 1.21. The summed E-state index contributed by atoms with van der Waals surface area (Å²) in [4.78, 5) is 20.8. The molecule has 0 saturated carbocycles. The van der Waals surface area contributed by atoms with Gasteiger partial charge in [-0.1, -0.05) is 6.92 Å². The van der Waals surface area contributed by atoms with E-state index < -0.39 is 10.5 Å². The first-order valence-electron chi connectivity index (χ1n) is 5.48. The zero-order valence-corrected chi connectivity index (χ0v) is 10.3. The number of ether oxygens (including phenoxy) is 1. The van der Waals surface area contributed by atoms with Crippen LogP contribution in [0.4, 0.5) is 5.69 Å². The van der Waals surface area contributed by atoms with E-state index in [1.54, 1.807) is 13.8 Å². The van der Waals surface area contributed by atoms with Crippen molar-refractivity contribution < 1.29 is 19.6 Å². The Morgan fingerprint density at radius 3 is 2.72 bits per heavy atom. The van der Waals surface area contributed by atoms with Gasteiger partial charge in [-0.15, -0.1) is 0 Å². The molecule has 0 saturated heterocycles. The SMILES string of the molecule is CCC(C)(O)COc1cc(C=O)ccc1[N+](=O)[O-]. The molecule has 0 aliphatic carbocycles. The van der Waals surface area contributed by atoms with Crippen LogP contribution in [-0.4, -0.2) is 28.5 Å². The Kier molecular flexibility index (Phi) is 4.38. The summed E-state index contributed by atoms with van der Waals surface area (Å²) < 4.78 is 5.25. The van der Waals surface area contributed by atoms with Crippen LogP contribution in [0.15, 0.2) is 18.2 Å². The number of hydrogen-bond acceptors (Lipinski definition) is 5. The lowest BCUT2D eigenvalue weighted by molar-refractivity contribution is -0.386. The van der Waals surface area contributed by atoms with Gasteiger partial charge in [-0.3, -0.25) is 14.9 Å². The number of nitro groups is 1. The van der Waals surface area contributed by atoms with E-state index in [-0.39, 0.29) is 23.6 Å². The van der Waals surface area contributed by atoms with Crippen molar-refractivity contribution in [2.75, 3.05) is 6.61 Å². The predicted molar refractivity (Wildman–Crippen MR) is 64.9 cm³/mol. The number of nitro benzene ring substituents is 1. The number of hydrogen-bond donors (Lipinski definition) is 1. The summed E-state index contributed by atoms with van der Waals surface area (Å²) in [6.45, 7) is 3.27. The van der Waals surface area contributed by atoms with Crippen LogP contribution in [0.5, 0.6) is 5.75 Å². The molecule has 0 aliphatic rings. The molecule has 1 aromatic rings. The van der Waals surface area contributed by atoms with Gasteiger partial charge in [0.25, 0.3) is 0 Å². The summed E-state index contributed by atoms with van der Waals surface area (Å²) >= 11 is 0. The third-order valence-corrected chi connectivity index (χ3v) is 2.62. The Morgan fingerprint density at radius 1 is 1.56 bits per heavy atom. The normalized spacial score (nSPS) is 13.7. The first-order chi connectivity index (χ1) is 8.39. The summed E-state index contributed by atoms with van der Waals surface area (Å²) in [5.74, 6) is -0.0154. The molecule has 98 valence electrons. The lowest BCUT2D eigenvalue weighted by atomic mass is 10.1. The zero-order chi connectivity index (χ0) is 13.8. The topological polar surface area (TPSA) is 89.7 Å². The van der Waals surface area contributed by atoms with Crippen molar-refractivity contribution in [3.8, 4) is 5.75 Å². The highest BCUT2D eigenvalue weighted by atomic mass is 16.6. The Labute approximate surface area is 104 Å². The van der Waals surface area contributed by atoms with Crippen LogP contribution in [0.25, 0.3) is 0 Å². The summed E-state index contributed by atoms with van der Waals surface area (Å²) in [5.41, 5.74) is -1.01. The van der Waals surface area contributed by atoms with Crippen molar-refractivity contribution in [1.29, 1.82) is 0 Å². The van der Waals surface area contributed by atoms with Gasteiger partial charge in [0.1, 0.15) is 12.9 Å². The number of rotatable bonds is 6. The highest BCUT2D eigenvalue weighted by Crippen LogP contribution is 2.28. The Bertz CT molecular complexity index is 456. The summed E-state index contributed by atoms with van der Waals surface area (Å²) in [5, 5.41) is 20.6. The second kappa shape index (κ2) is 5.59. The molecule has 6 heteroatoms. The van der Waals surface area contributed by atoms with E-state index >= 15 is 0 Å². The van der Waals surface area contributed by atoms with Gasteiger partial charge in [0.15, 0.2) is 5.75 Å². The second-order valence-electron chi connectivity index (χ2n) is 4.24. The van der Waals surface area contributed by atoms with Gasteiger partial charge >= 0.3 is 5.69 Å². The third-order valence-electron chi connectivity index (χ3n) is 2.62. The van der Waals surface area contributed by atoms with Crippen LogP contribution in [-0.2, 0) is 0 Å². The van der Waals surface area contributed by atoms with Gasteiger partial charge in [0.05, 0.1) is 10.5 Å². The van der Waals surface area contributed by atoms with Gasteiger partial charge in [-0.2, -0.15) is 0 Å². The summed E-state index contributed by atoms with van der Waals surface area (Å²) in [6, 6.07) is 3.84. The maximum absolute atomic E-state index is 10.8. The minimum atomic E-state index is -1.06. The van der Waals surface area contributed by atoms with Gasteiger partial charge in [0.2, 0.25) is 0 Å². The minimum absolute atomic E-state index is 0.0154. The molecule has 0 aromatic heterocycles. The van der Waals surface area contributed by atoms with Crippen LogP contribution in [0, 0.1) is 10.1 Å². The van der Waals surface area contributed by atoms with Gasteiger partial charge in [-0.05, 0) is 25.5 Å². The van der Waals surface area contributed by atoms with Crippen LogP contribution < -0.4 is 4.74 Å². The molecule has 1 atom stereocenters. The first kappa shape index (κ1) is 14.1. The Morgan fingerprint density at radius 2 is 2.22 bits per heavy atom. The van der Waals surface area contributed by atoms with E-state index in [0.29, 0.717) is 12.7 Å². The second-order valence-corrected chi connectivity index (χ2v) is 4.24. The van der Waals surface area contributed by atoms with E-state index in [2.05, 4.69) is 0 Å². The number of aldehydes is 1. The minimum Gasteiger partial charge on any atom is -0.484 e. The quantitative estimate of drug-likeness (QED) is 0.475. The van der Waals surface area contributed by atoms with E-state index in [4.69, 9.17) is 4.74 Å². The number of aliphatic hydroxyl groups is 1. The molecular weight excluding hydrogens is 238 g/mol. The van der Waals surface area contributed by atoms with Crippen molar-refractivity contribution in [1.82, 2.24) is 0 Å². The lowest BCUT2D eigenvalue weighted by Gasteiger charge is -2.21.